The molecule has 3 rings (SSSR count). The van der Waals surface area contributed by atoms with Gasteiger partial charge in [-0.2, -0.15) is 5.26 Å². The zero-order chi connectivity index (χ0) is 23.4. The Labute approximate surface area is 183 Å². The first-order chi connectivity index (χ1) is 15.4. The molecule has 0 radical (unpaired) electrons. The fourth-order valence-electron chi connectivity index (χ4n) is 3.61. The maximum Gasteiger partial charge on any atom is 0.355 e. The van der Waals surface area contributed by atoms with E-state index in [2.05, 4.69) is 0 Å². The fraction of sp³-hybridized carbons (Fsp3) is 0.130. The minimum absolute atomic E-state index is 0.0152. The number of hydrogen-bond donors (Lipinski definition) is 2. The summed E-state index contributed by atoms with van der Waals surface area (Å²) < 4.78 is 9.85. The van der Waals surface area contributed by atoms with E-state index < -0.39 is 23.8 Å². The number of nitrogens with zero attached hydrogens (tertiary/aromatic N) is 2. The number of carbonyl (C=O) groups is 3. The average molecular weight is 433 g/mol. The predicted molar refractivity (Wildman–Crippen MR) is 113 cm³/mol. The number of methoxy groups -OCH3 is 2. The summed E-state index contributed by atoms with van der Waals surface area (Å²) in [5.41, 5.74) is 6.06. The van der Waals surface area contributed by atoms with Crippen LogP contribution in [0.4, 0.5) is 5.69 Å². The lowest BCUT2D eigenvalue weighted by Gasteiger charge is -2.36. The normalized spacial score (nSPS) is 15.8. The summed E-state index contributed by atoms with van der Waals surface area (Å²) >= 11 is 0. The number of nitriles is 1. The second-order valence-corrected chi connectivity index (χ2v) is 6.66. The van der Waals surface area contributed by atoms with Crippen molar-refractivity contribution in [1.29, 1.82) is 5.26 Å². The minimum Gasteiger partial charge on any atom is -0.478 e. The highest BCUT2D eigenvalue weighted by molar-refractivity contribution is 6.08. The van der Waals surface area contributed by atoms with Crippen molar-refractivity contribution in [2.24, 2.45) is 5.73 Å². The number of benzene rings is 2. The molecule has 0 bridgehead atoms. The van der Waals surface area contributed by atoms with Crippen molar-refractivity contribution in [3.8, 4) is 6.07 Å². The second kappa shape index (κ2) is 9.06. The van der Waals surface area contributed by atoms with Gasteiger partial charge in [-0.3, -0.25) is 4.90 Å². The minimum atomic E-state index is -1.29. The number of carboxylic acid groups (broad SMARTS) is 1. The number of carboxylic acids is 1. The molecule has 1 unspecified atom stereocenters. The number of ether oxygens (including phenoxy) is 2. The van der Waals surface area contributed by atoms with Crippen molar-refractivity contribution in [3.05, 3.63) is 88.4 Å². The van der Waals surface area contributed by atoms with E-state index in [-0.39, 0.29) is 33.9 Å². The van der Waals surface area contributed by atoms with Gasteiger partial charge in [-0.05, 0) is 17.7 Å². The highest BCUT2D eigenvalue weighted by Crippen LogP contribution is 2.43. The van der Waals surface area contributed by atoms with E-state index in [1.165, 1.54) is 24.3 Å². The number of aromatic carboxylic acids is 1. The van der Waals surface area contributed by atoms with Gasteiger partial charge >= 0.3 is 17.9 Å². The molecule has 32 heavy (non-hydrogen) atoms. The molecule has 0 fully saturated rings. The molecule has 0 saturated carbocycles. The lowest BCUT2D eigenvalue weighted by Crippen LogP contribution is -2.41. The Hall–Kier alpha value is -4.58. The molecule has 9 nitrogen and oxygen atoms in total. The van der Waals surface area contributed by atoms with E-state index in [9.17, 15) is 24.8 Å². The Bertz CT molecular complexity index is 1190. The van der Waals surface area contributed by atoms with Crippen molar-refractivity contribution in [1.82, 2.24) is 0 Å². The molecule has 162 valence electrons. The summed E-state index contributed by atoms with van der Waals surface area (Å²) in [6, 6.07) is 16.3. The van der Waals surface area contributed by atoms with E-state index in [1.807, 2.05) is 6.07 Å². The highest BCUT2D eigenvalue weighted by atomic mass is 16.5. The largest absolute Gasteiger partial charge is 0.478 e. The van der Waals surface area contributed by atoms with Gasteiger partial charge in [0.1, 0.15) is 11.5 Å². The molecule has 2 aromatic carbocycles. The quantitative estimate of drug-likeness (QED) is 0.679. The zero-order valence-corrected chi connectivity index (χ0v) is 17.2. The second-order valence-electron chi connectivity index (χ2n) is 6.66. The number of hydrogen-bond acceptors (Lipinski definition) is 8. The van der Waals surface area contributed by atoms with Gasteiger partial charge in [-0.1, -0.05) is 42.5 Å². The molecule has 1 atom stereocenters. The molecule has 0 amide bonds. The van der Waals surface area contributed by atoms with Crippen molar-refractivity contribution < 1.29 is 29.0 Å². The Morgan fingerprint density at radius 2 is 1.59 bits per heavy atom. The van der Waals surface area contributed by atoms with Crippen LogP contribution in [0.15, 0.2) is 77.3 Å². The lowest BCUT2D eigenvalue weighted by molar-refractivity contribution is -0.139. The Balaban J connectivity index is 2.46. The zero-order valence-electron chi connectivity index (χ0n) is 17.2. The fourth-order valence-corrected chi connectivity index (χ4v) is 3.61. The third-order valence-corrected chi connectivity index (χ3v) is 4.99. The van der Waals surface area contributed by atoms with Gasteiger partial charge in [0.05, 0.1) is 48.6 Å². The van der Waals surface area contributed by atoms with Crippen LogP contribution in [0.3, 0.4) is 0 Å². The van der Waals surface area contributed by atoms with Crippen LogP contribution in [-0.2, 0) is 19.1 Å². The van der Waals surface area contributed by atoms with Gasteiger partial charge in [0.2, 0.25) is 0 Å². The van der Waals surface area contributed by atoms with Crippen molar-refractivity contribution >= 4 is 23.6 Å². The lowest BCUT2D eigenvalue weighted by atomic mass is 9.80. The molecule has 0 aliphatic carbocycles. The van der Waals surface area contributed by atoms with Crippen molar-refractivity contribution in [2.45, 2.75) is 5.92 Å². The summed E-state index contributed by atoms with van der Waals surface area (Å²) in [5.74, 6) is -4.37. The smallest absolute Gasteiger partial charge is 0.355 e. The summed E-state index contributed by atoms with van der Waals surface area (Å²) in [4.78, 5) is 38.8. The predicted octanol–water partition coefficient (Wildman–Crippen LogP) is 2.28. The monoisotopic (exact) mass is 433 g/mol. The van der Waals surface area contributed by atoms with Crippen LogP contribution in [0.1, 0.15) is 21.8 Å². The molecular weight excluding hydrogens is 414 g/mol. The first-order valence-electron chi connectivity index (χ1n) is 9.35. The number of nitrogens with two attached hydrogens (primary N) is 1. The number of carbonyl (C=O) groups excluding carboxylic acids is 2. The van der Waals surface area contributed by atoms with Crippen LogP contribution in [0.25, 0.3) is 0 Å². The van der Waals surface area contributed by atoms with Gasteiger partial charge in [0.15, 0.2) is 0 Å². The summed E-state index contributed by atoms with van der Waals surface area (Å²) in [6.45, 7) is 0. The first-order valence-corrected chi connectivity index (χ1v) is 9.35. The number of anilines is 1. The molecule has 1 heterocycles. The van der Waals surface area contributed by atoms with Crippen molar-refractivity contribution in [2.75, 3.05) is 19.1 Å². The third-order valence-electron chi connectivity index (χ3n) is 4.99. The Morgan fingerprint density at radius 1 is 1.00 bits per heavy atom. The average Bonchev–Trinajstić information content (AvgIpc) is 2.82. The number of para-hydroxylation sites is 1. The summed E-state index contributed by atoms with van der Waals surface area (Å²) in [5, 5.41) is 19.6. The molecule has 0 saturated heterocycles. The number of allylic oxidation sites excluding steroid dienone is 1. The van der Waals surface area contributed by atoms with E-state index >= 15 is 0 Å². The molecule has 9 heteroatoms. The maximum absolute atomic E-state index is 12.9. The van der Waals surface area contributed by atoms with Gasteiger partial charge < -0.3 is 20.3 Å². The maximum atomic E-state index is 12.9. The molecule has 0 spiro atoms. The van der Waals surface area contributed by atoms with E-state index in [4.69, 9.17) is 15.2 Å². The number of rotatable bonds is 5. The number of esters is 2. The van der Waals surface area contributed by atoms with Crippen LogP contribution in [0.2, 0.25) is 0 Å². The van der Waals surface area contributed by atoms with Gasteiger partial charge in [0.25, 0.3) is 0 Å². The van der Waals surface area contributed by atoms with Crippen LogP contribution in [0.5, 0.6) is 0 Å². The molecular formula is C23H19N3O6. The first kappa shape index (κ1) is 22.1. The van der Waals surface area contributed by atoms with Crippen LogP contribution in [-0.4, -0.2) is 37.2 Å². The van der Waals surface area contributed by atoms with Crippen LogP contribution < -0.4 is 10.6 Å². The topological polar surface area (TPSA) is 143 Å². The van der Waals surface area contributed by atoms with E-state index in [1.54, 1.807) is 30.3 Å². The summed E-state index contributed by atoms with van der Waals surface area (Å²) in [6.07, 6.45) is 0. The molecule has 3 N–H and O–H groups in total. The SMILES string of the molecule is COC(=O)C1=C(C(=O)OC)N(c2ccccc2C(=O)O)C(N)=C(C#N)C1c1ccccc1. The van der Waals surface area contributed by atoms with Crippen molar-refractivity contribution in [3.63, 3.8) is 0 Å². The van der Waals surface area contributed by atoms with Gasteiger partial charge in [-0.15, -0.1) is 0 Å². The Kier molecular flexibility index (Phi) is 6.26. The Morgan fingerprint density at radius 3 is 2.16 bits per heavy atom. The molecule has 1 aliphatic heterocycles. The third kappa shape index (κ3) is 3.65. The van der Waals surface area contributed by atoms with E-state index in [0.717, 1.165) is 19.1 Å². The van der Waals surface area contributed by atoms with E-state index in [0.29, 0.717) is 5.56 Å². The van der Waals surface area contributed by atoms with Crippen LogP contribution >= 0.6 is 0 Å². The molecule has 2 aromatic rings. The molecule has 1 aliphatic rings. The van der Waals surface area contributed by atoms with Gasteiger partial charge in [0, 0.05) is 0 Å². The van der Waals surface area contributed by atoms with Crippen LogP contribution in [0, 0.1) is 11.3 Å². The standard InChI is InChI=1S/C23H19N3O6/c1-31-22(29)18-17(13-8-4-3-5-9-13)15(12-24)20(25)26(19(18)23(30)32-2)16-11-7-6-10-14(16)21(27)28/h3-11,17H,25H2,1-2H3,(H,27,28). The summed E-state index contributed by atoms with van der Waals surface area (Å²) in [7, 11) is 2.25. The van der Waals surface area contributed by atoms with Gasteiger partial charge in [-0.25, -0.2) is 14.4 Å². The highest BCUT2D eigenvalue weighted by Gasteiger charge is 2.43. The molecule has 0 aromatic heterocycles.